The van der Waals surface area contributed by atoms with E-state index in [2.05, 4.69) is 10.3 Å². The van der Waals surface area contributed by atoms with E-state index in [-0.39, 0.29) is 11.3 Å². The minimum absolute atomic E-state index is 0.0174. The maximum Gasteiger partial charge on any atom is 0.233 e. The maximum absolute atomic E-state index is 12.1. The van der Waals surface area contributed by atoms with E-state index in [1.165, 1.54) is 0 Å². The number of nitrogens with one attached hydrogen (secondary N) is 1. The van der Waals surface area contributed by atoms with Gasteiger partial charge in [-0.05, 0) is 44.4 Å². The molecule has 1 saturated carbocycles. The van der Waals surface area contributed by atoms with E-state index in [0.717, 1.165) is 30.5 Å². The zero-order valence-corrected chi connectivity index (χ0v) is 10.4. The third kappa shape index (κ3) is 2.31. The van der Waals surface area contributed by atoms with Crippen LogP contribution in [0.4, 0.5) is 5.82 Å². The molecule has 3 N–H and O–H groups in total. The minimum Gasteiger partial charge on any atom is -0.329 e. The van der Waals surface area contributed by atoms with Crippen molar-refractivity contribution in [3.8, 4) is 0 Å². The summed E-state index contributed by atoms with van der Waals surface area (Å²) in [7, 11) is 0. The molecule has 0 atom stereocenters. The van der Waals surface area contributed by atoms with Gasteiger partial charge in [0, 0.05) is 12.2 Å². The summed E-state index contributed by atoms with van der Waals surface area (Å²) in [5.74, 6) is 0.649. The molecule has 1 amide bonds. The van der Waals surface area contributed by atoms with Crippen LogP contribution in [-0.4, -0.2) is 17.4 Å². The van der Waals surface area contributed by atoms with Crippen LogP contribution in [0.15, 0.2) is 12.1 Å². The van der Waals surface area contributed by atoms with Gasteiger partial charge in [0.05, 0.1) is 5.41 Å². The quantitative estimate of drug-likeness (QED) is 0.836. The van der Waals surface area contributed by atoms with Crippen LogP contribution >= 0.6 is 0 Å². The number of rotatable bonds is 3. The molecule has 1 fully saturated rings. The zero-order chi connectivity index (χ0) is 12.5. The van der Waals surface area contributed by atoms with Gasteiger partial charge in [-0.2, -0.15) is 0 Å². The van der Waals surface area contributed by atoms with Gasteiger partial charge in [0.25, 0.3) is 0 Å². The molecule has 1 aliphatic rings. The number of carbonyl (C=O) groups is 1. The van der Waals surface area contributed by atoms with Crippen LogP contribution in [0.1, 0.15) is 30.5 Å². The second kappa shape index (κ2) is 4.45. The third-order valence-corrected chi connectivity index (χ3v) is 3.52. The molecule has 17 heavy (non-hydrogen) atoms. The maximum atomic E-state index is 12.1. The molecule has 4 nitrogen and oxygen atoms in total. The molecule has 0 aromatic carbocycles. The van der Waals surface area contributed by atoms with Crippen LogP contribution in [-0.2, 0) is 4.79 Å². The Balaban J connectivity index is 2.12. The van der Waals surface area contributed by atoms with Crippen molar-refractivity contribution in [1.29, 1.82) is 0 Å². The van der Waals surface area contributed by atoms with Crippen molar-refractivity contribution in [1.82, 2.24) is 4.98 Å². The lowest BCUT2D eigenvalue weighted by Gasteiger charge is -2.38. The van der Waals surface area contributed by atoms with Crippen molar-refractivity contribution < 1.29 is 4.79 Å². The molecule has 0 radical (unpaired) electrons. The molecule has 0 aliphatic heterocycles. The molecule has 0 bridgehead atoms. The van der Waals surface area contributed by atoms with Crippen LogP contribution in [0.3, 0.4) is 0 Å². The van der Waals surface area contributed by atoms with Crippen LogP contribution < -0.4 is 11.1 Å². The molecule has 92 valence electrons. The Morgan fingerprint density at radius 2 is 2.18 bits per heavy atom. The fourth-order valence-corrected chi connectivity index (χ4v) is 2.28. The van der Waals surface area contributed by atoms with Crippen LogP contribution in [0, 0.1) is 19.3 Å². The largest absolute Gasteiger partial charge is 0.329 e. The van der Waals surface area contributed by atoms with Crippen LogP contribution in [0.5, 0.6) is 0 Å². The molecule has 4 heteroatoms. The van der Waals surface area contributed by atoms with Crippen molar-refractivity contribution in [2.45, 2.75) is 33.1 Å². The normalized spacial score (nSPS) is 17.4. The van der Waals surface area contributed by atoms with E-state index in [0.29, 0.717) is 12.4 Å². The van der Waals surface area contributed by atoms with Crippen LogP contribution in [0.25, 0.3) is 0 Å². The highest BCUT2D eigenvalue weighted by molar-refractivity contribution is 5.95. The highest BCUT2D eigenvalue weighted by atomic mass is 16.2. The smallest absolute Gasteiger partial charge is 0.233 e. The Kier molecular flexibility index (Phi) is 3.15. The summed E-state index contributed by atoms with van der Waals surface area (Å²) in [6.07, 6.45) is 2.87. The Morgan fingerprint density at radius 1 is 1.47 bits per heavy atom. The number of carbonyl (C=O) groups excluding carboxylic acids is 1. The number of nitrogens with zero attached hydrogens (tertiary/aromatic N) is 1. The molecule has 0 unspecified atom stereocenters. The Morgan fingerprint density at radius 3 is 2.65 bits per heavy atom. The molecular formula is C13H19N3O. The summed E-state index contributed by atoms with van der Waals surface area (Å²) < 4.78 is 0. The number of hydrogen-bond acceptors (Lipinski definition) is 3. The molecule has 1 aromatic rings. The fraction of sp³-hybridized carbons (Fsp3) is 0.538. The zero-order valence-electron chi connectivity index (χ0n) is 10.4. The fourth-order valence-electron chi connectivity index (χ4n) is 2.28. The highest BCUT2D eigenvalue weighted by Gasteiger charge is 2.42. The Bertz CT molecular complexity index is 413. The third-order valence-electron chi connectivity index (χ3n) is 3.52. The first kappa shape index (κ1) is 12.0. The topological polar surface area (TPSA) is 68.0 Å². The first-order chi connectivity index (χ1) is 8.05. The van der Waals surface area contributed by atoms with E-state index in [9.17, 15) is 4.79 Å². The van der Waals surface area contributed by atoms with Gasteiger partial charge in [-0.15, -0.1) is 0 Å². The summed E-state index contributed by atoms with van der Waals surface area (Å²) in [5, 5.41) is 2.89. The molecule has 1 heterocycles. The van der Waals surface area contributed by atoms with Gasteiger partial charge in [-0.3, -0.25) is 4.79 Å². The summed E-state index contributed by atoms with van der Waals surface area (Å²) in [6, 6.07) is 3.87. The molecule has 2 rings (SSSR count). The average molecular weight is 233 g/mol. The summed E-state index contributed by atoms with van der Waals surface area (Å²) in [6.45, 7) is 4.33. The van der Waals surface area contributed by atoms with Crippen molar-refractivity contribution >= 4 is 11.7 Å². The van der Waals surface area contributed by atoms with Gasteiger partial charge in [0.2, 0.25) is 5.91 Å². The van der Waals surface area contributed by atoms with E-state index in [1.54, 1.807) is 0 Å². The highest BCUT2D eigenvalue weighted by Crippen LogP contribution is 2.40. The number of aryl methyl sites for hydroxylation is 2. The summed E-state index contributed by atoms with van der Waals surface area (Å²) in [5.41, 5.74) is 7.37. The van der Waals surface area contributed by atoms with Gasteiger partial charge in [0.15, 0.2) is 0 Å². The van der Waals surface area contributed by atoms with Gasteiger partial charge in [-0.25, -0.2) is 4.98 Å². The second-order valence-electron chi connectivity index (χ2n) is 4.96. The predicted molar refractivity (Wildman–Crippen MR) is 67.7 cm³/mol. The van der Waals surface area contributed by atoms with Crippen molar-refractivity contribution in [2.24, 2.45) is 11.1 Å². The van der Waals surface area contributed by atoms with Gasteiger partial charge < -0.3 is 11.1 Å². The van der Waals surface area contributed by atoms with E-state index in [1.807, 2.05) is 26.0 Å². The Hall–Kier alpha value is -1.42. The lowest BCUT2D eigenvalue weighted by atomic mass is 9.68. The minimum atomic E-state index is -0.348. The lowest BCUT2D eigenvalue weighted by Crippen LogP contribution is -2.47. The number of hydrogen-bond donors (Lipinski definition) is 2. The second-order valence-corrected chi connectivity index (χ2v) is 4.96. The van der Waals surface area contributed by atoms with Gasteiger partial charge in [-0.1, -0.05) is 6.42 Å². The van der Waals surface area contributed by atoms with Crippen LogP contribution in [0.2, 0.25) is 0 Å². The number of aromatic nitrogens is 1. The predicted octanol–water partition coefficient (Wildman–Crippen LogP) is 1.77. The standard InChI is InChI=1S/C13H19N3O/c1-9-6-10(2)15-11(7-9)16-12(17)13(8-14)4-3-5-13/h6-7H,3-5,8,14H2,1-2H3,(H,15,16,17). The number of nitrogens with two attached hydrogens (primary N) is 1. The van der Waals surface area contributed by atoms with E-state index < -0.39 is 0 Å². The summed E-state index contributed by atoms with van der Waals surface area (Å²) in [4.78, 5) is 16.4. The SMILES string of the molecule is Cc1cc(C)nc(NC(=O)C2(CN)CCC2)c1. The molecule has 1 aromatic heterocycles. The Labute approximate surface area is 102 Å². The molecular weight excluding hydrogens is 214 g/mol. The first-order valence-electron chi connectivity index (χ1n) is 6.02. The van der Waals surface area contributed by atoms with Gasteiger partial charge >= 0.3 is 0 Å². The van der Waals surface area contributed by atoms with E-state index >= 15 is 0 Å². The molecule has 1 aliphatic carbocycles. The first-order valence-corrected chi connectivity index (χ1v) is 6.02. The van der Waals surface area contributed by atoms with Crippen molar-refractivity contribution in [3.05, 3.63) is 23.4 Å². The average Bonchev–Trinajstić information content (AvgIpc) is 2.14. The van der Waals surface area contributed by atoms with Crippen molar-refractivity contribution in [3.63, 3.8) is 0 Å². The van der Waals surface area contributed by atoms with Crippen molar-refractivity contribution in [2.75, 3.05) is 11.9 Å². The monoisotopic (exact) mass is 233 g/mol. The van der Waals surface area contributed by atoms with Gasteiger partial charge in [0.1, 0.15) is 5.82 Å². The molecule has 0 spiro atoms. The number of anilines is 1. The lowest BCUT2D eigenvalue weighted by molar-refractivity contribution is -0.129. The summed E-state index contributed by atoms with van der Waals surface area (Å²) >= 11 is 0. The number of amides is 1. The molecule has 0 saturated heterocycles. The number of pyridine rings is 1. The van der Waals surface area contributed by atoms with E-state index in [4.69, 9.17) is 5.73 Å².